The monoisotopic (exact) mass is 203 g/mol. The van der Waals surface area contributed by atoms with Crippen molar-refractivity contribution in [1.29, 1.82) is 0 Å². The van der Waals surface area contributed by atoms with E-state index in [0.717, 1.165) is 10.5 Å². The van der Waals surface area contributed by atoms with E-state index in [1.165, 1.54) is 0 Å². The van der Waals surface area contributed by atoms with E-state index in [0.29, 0.717) is 11.6 Å². The number of thioether (sulfide) groups is 1. The van der Waals surface area contributed by atoms with Gasteiger partial charge in [-0.1, -0.05) is 11.6 Å². The summed E-state index contributed by atoms with van der Waals surface area (Å²) in [4.78, 5) is 1.10. The molecule has 4 heteroatoms. The van der Waals surface area contributed by atoms with E-state index in [1.807, 2.05) is 24.5 Å². The Balaban J connectivity index is 2.90. The molecule has 0 radical (unpaired) electrons. The maximum absolute atomic E-state index is 8.47. The van der Waals surface area contributed by atoms with Crippen molar-refractivity contribution in [3.63, 3.8) is 0 Å². The lowest BCUT2D eigenvalue weighted by molar-refractivity contribution is 0.161. The first-order chi connectivity index (χ1) is 5.76. The highest BCUT2D eigenvalue weighted by Gasteiger charge is 1.97. The van der Waals surface area contributed by atoms with E-state index >= 15 is 0 Å². The minimum Gasteiger partial charge on any atom is -0.316 e. The van der Waals surface area contributed by atoms with Crippen molar-refractivity contribution in [3.05, 3.63) is 28.8 Å². The fourth-order valence-electron chi connectivity index (χ4n) is 0.932. The van der Waals surface area contributed by atoms with Gasteiger partial charge in [0.2, 0.25) is 0 Å². The molecule has 0 atom stereocenters. The molecule has 2 nitrogen and oxygen atoms in total. The predicted octanol–water partition coefficient (Wildman–Crippen LogP) is 2.54. The topological polar surface area (TPSA) is 32.3 Å². The maximum Gasteiger partial charge on any atom is 0.0458 e. The van der Waals surface area contributed by atoms with Crippen LogP contribution in [0.3, 0.4) is 0 Å². The summed E-state index contributed by atoms with van der Waals surface area (Å²) in [7, 11) is 0. The van der Waals surface area contributed by atoms with Gasteiger partial charge in [-0.05, 0) is 30.0 Å². The minimum absolute atomic E-state index is 0.425. The number of halogens is 1. The second kappa shape index (κ2) is 4.72. The lowest BCUT2D eigenvalue weighted by atomic mass is 10.2. The average Bonchev–Trinajstić information content (AvgIpc) is 2.04. The van der Waals surface area contributed by atoms with Crippen LogP contribution in [0.2, 0.25) is 5.02 Å². The zero-order valence-corrected chi connectivity index (χ0v) is 8.25. The number of hydroxylamine groups is 1. The van der Waals surface area contributed by atoms with Gasteiger partial charge in [0.05, 0.1) is 0 Å². The van der Waals surface area contributed by atoms with E-state index < -0.39 is 0 Å². The summed E-state index contributed by atoms with van der Waals surface area (Å²) in [6.07, 6.45) is 1.99. The number of hydrogen-bond donors (Lipinski definition) is 2. The Bertz CT molecular complexity index is 267. The molecular formula is C8H10ClNOS. The molecule has 0 aliphatic heterocycles. The second-order valence-corrected chi connectivity index (χ2v) is 3.65. The highest BCUT2D eigenvalue weighted by atomic mass is 35.5. The lowest BCUT2D eigenvalue weighted by Crippen LogP contribution is -2.05. The van der Waals surface area contributed by atoms with Crippen molar-refractivity contribution < 1.29 is 5.21 Å². The first-order valence-corrected chi connectivity index (χ1v) is 5.07. The van der Waals surface area contributed by atoms with E-state index in [2.05, 4.69) is 5.48 Å². The normalized spacial score (nSPS) is 10.2. The van der Waals surface area contributed by atoms with Crippen LogP contribution in [0.15, 0.2) is 23.1 Å². The molecule has 1 aromatic rings. The second-order valence-electron chi connectivity index (χ2n) is 2.33. The maximum atomic E-state index is 8.47. The summed E-state index contributed by atoms with van der Waals surface area (Å²) in [6, 6.07) is 5.71. The van der Waals surface area contributed by atoms with Gasteiger partial charge in [0.25, 0.3) is 0 Å². The molecular weight excluding hydrogens is 194 g/mol. The van der Waals surface area contributed by atoms with Crippen molar-refractivity contribution in [1.82, 2.24) is 5.48 Å². The Morgan fingerprint density at radius 2 is 2.25 bits per heavy atom. The van der Waals surface area contributed by atoms with E-state index in [9.17, 15) is 0 Å². The summed E-state index contributed by atoms with van der Waals surface area (Å²) in [5.74, 6) is 0. The molecule has 0 spiro atoms. The van der Waals surface area contributed by atoms with Crippen molar-refractivity contribution >= 4 is 23.4 Å². The van der Waals surface area contributed by atoms with Crippen molar-refractivity contribution in [2.45, 2.75) is 11.4 Å². The van der Waals surface area contributed by atoms with E-state index in [-0.39, 0.29) is 0 Å². The third-order valence-electron chi connectivity index (χ3n) is 1.45. The predicted molar refractivity (Wildman–Crippen MR) is 51.9 cm³/mol. The van der Waals surface area contributed by atoms with Gasteiger partial charge in [0.1, 0.15) is 0 Å². The van der Waals surface area contributed by atoms with Crippen LogP contribution in [-0.2, 0) is 6.54 Å². The highest BCUT2D eigenvalue weighted by molar-refractivity contribution is 7.98. The van der Waals surface area contributed by atoms with E-state index in [4.69, 9.17) is 16.8 Å². The smallest absolute Gasteiger partial charge is 0.0458 e. The van der Waals surface area contributed by atoms with Crippen LogP contribution >= 0.6 is 23.4 Å². The van der Waals surface area contributed by atoms with Gasteiger partial charge in [-0.2, -0.15) is 0 Å². The number of hydrogen-bond acceptors (Lipinski definition) is 3. The molecule has 2 N–H and O–H groups in total. The number of benzene rings is 1. The standard InChI is InChI=1S/C8H10ClNOS/c1-12-8-3-6(5-10-11)2-7(9)4-8/h2-4,10-11H,5H2,1H3. The summed E-state index contributed by atoms with van der Waals surface area (Å²) in [6.45, 7) is 0.425. The minimum atomic E-state index is 0.425. The summed E-state index contributed by atoms with van der Waals surface area (Å²) in [5, 5.41) is 9.18. The van der Waals surface area contributed by atoms with Gasteiger partial charge in [-0.25, -0.2) is 5.48 Å². The molecule has 0 bridgehead atoms. The molecule has 0 saturated heterocycles. The van der Waals surface area contributed by atoms with Gasteiger partial charge in [-0.15, -0.1) is 11.8 Å². The van der Waals surface area contributed by atoms with Crippen molar-refractivity contribution in [2.24, 2.45) is 0 Å². The number of rotatable bonds is 3. The Hall–Kier alpha value is -0.220. The Labute approximate surface area is 80.9 Å². The molecule has 0 aliphatic rings. The zero-order chi connectivity index (χ0) is 8.97. The zero-order valence-electron chi connectivity index (χ0n) is 6.67. The van der Waals surface area contributed by atoms with Crippen LogP contribution in [0.25, 0.3) is 0 Å². The summed E-state index contributed by atoms with van der Waals surface area (Å²) in [5.41, 5.74) is 3.08. The summed E-state index contributed by atoms with van der Waals surface area (Å²) >= 11 is 7.47. The van der Waals surface area contributed by atoms with E-state index in [1.54, 1.807) is 11.8 Å². The Morgan fingerprint density at radius 3 is 2.83 bits per heavy atom. The van der Waals surface area contributed by atoms with Crippen LogP contribution in [0.1, 0.15) is 5.56 Å². The molecule has 1 rings (SSSR count). The first-order valence-electron chi connectivity index (χ1n) is 3.46. The third-order valence-corrected chi connectivity index (χ3v) is 2.38. The van der Waals surface area contributed by atoms with Gasteiger partial charge < -0.3 is 5.21 Å². The van der Waals surface area contributed by atoms with Crippen LogP contribution < -0.4 is 5.48 Å². The molecule has 12 heavy (non-hydrogen) atoms. The van der Waals surface area contributed by atoms with Crippen LogP contribution in [0.4, 0.5) is 0 Å². The van der Waals surface area contributed by atoms with Crippen molar-refractivity contribution in [2.75, 3.05) is 6.26 Å². The molecule has 0 saturated carbocycles. The Morgan fingerprint density at radius 1 is 1.50 bits per heavy atom. The van der Waals surface area contributed by atoms with Gasteiger partial charge in [0.15, 0.2) is 0 Å². The van der Waals surface area contributed by atoms with Gasteiger partial charge in [-0.3, -0.25) is 0 Å². The molecule has 0 fully saturated rings. The molecule has 66 valence electrons. The van der Waals surface area contributed by atoms with Crippen LogP contribution in [0, 0.1) is 0 Å². The quantitative estimate of drug-likeness (QED) is 0.585. The Kier molecular flexibility index (Phi) is 3.88. The summed E-state index contributed by atoms with van der Waals surface area (Å²) < 4.78 is 0. The SMILES string of the molecule is CSc1cc(Cl)cc(CNO)c1. The molecule has 0 amide bonds. The van der Waals surface area contributed by atoms with Crippen LogP contribution in [-0.4, -0.2) is 11.5 Å². The molecule has 0 unspecified atom stereocenters. The highest BCUT2D eigenvalue weighted by Crippen LogP contribution is 2.21. The van der Waals surface area contributed by atoms with Gasteiger partial charge in [0, 0.05) is 16.5 Å². The molecule has 0 aliphatic carbocycles. The third kappa shape index (κ3) is 2.68. The molecule has 1 aromatic carbocycles. The van der Waals surface area contributed by atoms with Crippen molar-refractivity contribution in [3.8, 4) is 0 Å². The fourth-order valence-corrected chi connectivity index (χ4v) is 1.77. The van der Waals surface area contributed by atoms with Gasteiger partial charge >= 0.3 is 0 Å². The number of nitrogens with one attached hydrogen (secondary N) is 1. The average molecular weight is 204 g/mol. The largest absolute Gasteiger partial charge is 0.316 e. The fraction of sp³-hybridized carbons (Fsp3) is 0.250. The van der Waals surface area contributed by atoms with Crippen LogP contribution in [0.5, 0.6) is 0 Å². The lowest BCUT2D eigenvalue weighted by Gasteiger charge is -2.03. The molecule has 0 aromatic heterocycles. The first kappa shape index (κ1) is 9.86. The molecule has 0 heterocycles.